The molecule has 2 aromatic rings. The lowest BCUT2D eigenvalue weighted by molar-refractivity contribution is -0.166. The lowest BCUT2D eigenvalue weighted by Gasteiger charge is -2.35. The largest absolute Gasteiger partial charge is 0.487 e. The molecule has 2 bridgehead atoms. The van der Waals surface area contributed by atoms with Crippen LogP contribution < -0.4 is 13.8 Å². The third kappa shape index (κ3) is 6.34. The highest BCUT2D eigenvalue weighted by molar-refractivity contribution is 7.91. The Balaban J connectivity index is 1.62. The van der Waals surface area contributed by atoms with E-state index in [1.807, 2.05) is 6.07 Å². The molecule has 232 valence electrons. The highest BCUT2D eigenvalue weighted by atomic mass is 32.2. The number of ether oxygens (including phenoxy) is 5. The zero-order valence-electron chi connectivity index (χ0n) is 24.3. The summed E-state index contributed by atoms with van der Waals surface area (Å²) in [6.45, 7) is 7.70. The van der Waals surface area contributed by atoms with Crippen LogP contribution >= 0.6 is 0 Å². The zero-order chi connectivity index (χ0) is 31.0. The fourth-order valence-corrected chi connectivity index (χ4v) is 6.98. The Bertz CT molecular complexity index is 1500. The number of carbonyl (C=O) groups excluding carboxylic acids is 2. The molecule has 2 aliphatic carbocycles. The SMILES string of the molecule is C=CCOC(=O)NS(=O)(=O)N(CC(=O)OC(C)(C)C)c1c(OCc2ccccc2)cc2c(c1F)C1CC2CC12OCCO2. The minimum absolute atomic E-state index is 0.0224. The summed E-state index contributed by atoms with van der Waals surface area (Å²) in [6.07, 6.45) is 0.975. The number of hydrogen-bond donors (Lipinski definition) is 1. The first-order valence-corrected chi connectivity index (χ1v) is 15.4. The summed E-state index contributed by atoms with van der Waals surface area (Å²) in [4.78, 5) is 25.4. The van der Waals surface area contributed by atoms with Crippen LogP contribution in [-0.2, 0) is 40.6 Å². The van der Waals surface area contributed by atoms with Crippen molar-refractivity contribution in [2.75, 3.05) is 30.7 Å². The van der Waals surface area contributed by atoms with Crippen molar-refractivity contribution in [1.82, 2.24) is 4.72 Å². The molecule has 1 amide bonds. The van der Waals surface area contributed by atoms with E-state index in [4.69, 9.17) is 23.7 Å². The summed E-state index contributed by atoms with van der Waals surface area (Å²) < 4.78 is 74.7. The third-order valence-corrected chi connectivity index (χ3v) is 8.75. The van der Waals surface area contributed by atoms with Crippen LogP contribution in [0.1, 0.15) is 62.1 Å². The molecule has 2 aromatic carbocycles. The van der Waals surface area contributed by atoms with Crippen molar-refractivity contribution < 1.29 is 46.1 Å². The van der Waals surface area contributed by atoms with Crippen molar-refractivity contribution in [3.05, 3.63) is 71.6 Å². The molecule has 1 aliphatic heterocycles. The van der Waals surface area contributed by atoms with Gasteiger partial charge in [0.15, 0.2) is 11.6 Å². The smallest absolute Gasteiger partial charge is 0.422 e. The number of rotatable bonds is 10. The highest BCUT2D eigenvalue weighted by Crippen LogP contribution is 2.63. The van der Waals surface area contributed by atoms with Crippen molar-refractivity contribution in [3.63, 3.8) is 0 Å². The van der Waals surface area contributed by atoms with Crippen LogP contribution in [0.2, 0.25) is 0 Å². The van der Waals surface area contributed by atoms with Gasteiger partial charge in [-0.1, -0.05) is 43.0 Å². The molecule has 1 heterocycles. The van der Waals surface area contributed by atoms with Crippen LogP contribution in [0, 0.1) is 5.82 Å². The molecule has 1 N–H and O–H groups in total. The number of nitrogens with zero attached hydrogens (tertiary/aromatic N) is 1. The molecule has 0 aromatic heterocycles. The molecule has 1 saturated carbocycles. The number of anilines is 1. The summed E-state index contributed by atoms with van der Waals surface area (Å²) in [5.41, 5.74) is 0.112. The van der Waals surface area contributed by atoms with E-state index in [9.17, 15) is 18.0 Å². The van der Waals surface area contributed by atoms with E-state index < -0.39 is 57.6 Å². The van der Waals surface area contributed by atoms with E-state index in [-0.39, 0.29) is 30.4 Å². The fourth-order valence-electron chi connectivity index (χ4n) is 5.92. The van der Waals surface area contributed by atoms with Gasteiger partial charge in [-0.15, -0.1) is 0 Å². The predicted molar refractivity (Wildman–Crippen MR) is 153 cm³/mol. The van der Waals surface area contributed by atoms with Gasteiger partial charge in [-0.05, 0) is 50.3 Å². The number of amides is 1. The Kier molecular flexibility index (Phi) is 8.43. The average molecular weight is 619 g/mol. The Hall–Kier alpha value is -3.68. The lowest BCUT2D eigenvalue weighted by Crippen LogP contribution is -2.47. The predicted octanol–water partition coefficient (Wildman–Crippen LogP) is 4.43. The maximum atomic E-state index is 17.0. The van der Waals surface area contributed by atoms with Crippen LogP contribution in [0.15, 0.2) is 49.1 Å². The number of hydrogen-bond acceptors (Lipinski definition) is 9. The van der Waals surface area contributed by atoms with Gasteiger partial charge in [0.1, 0.15) is 36.8 Å². The lowest BCUT2D eigenvalue weighted by atomic mass is 9.86. The maximum absolute atomic E-state index is 17.0. The molecule has 2 unspecified atom stereocenters. The minimum Gasteiger partial charge on any atom is -0.487 e. The summed E-state index contributed by atoms with van der Waals surface area (Å²) in [7, 11) is -4.95. The Morgan fingerprint density at radius 1 is 1.21 bits per heavy atom. The van der Waals surface area contributed by atoms with Crippen LogP contribution in [0.3, 0.4) is 0 Å². The Labute approximate surface area is 250 Å². The molecular weight excluding hydrogens is 583 g/mol. The van der Waals surface area contributed by atoms with Crippen molar-refractivity contribution in [2.24, 2.45) is 0 Å². The standard InChI is InChI=1S/C30H35FN2O9S/c1-5-11-38-28(35)32-43(36,37)33(17-24(34)42-29(2,3)4)27-23(39-18-19-9-7-6-8-10-19)15-21-20-14-22(25(21)26(27)31)30(16-20)40-12-13-41-30/h5-10,15,20,22H,1,11-14,16-18H2,2-4H3,(H,32,35). The molecule has 43 heavy (non-hydrogen) atoms. The summed E-state index contributed by atoms with van der Waals surface area (Å²) in [5, 5.41) is 0. The minimum atomic E-state index is -4.95. The molecule has 5 rings (SSSR count). The summed E-state index contributed by atoms with van der Waals surface area (Å²) in [5.74, 6) is -3.64. The van der Waals surface area contributed by atoms with Gasteiger partial charge in [0.25, 0.3) is 0 Å². The number of carbonyl (C=O) groups is 2. The van der Waals surface area contributed by atoms with Gasteiger partial charge in [0.05, 0.1) is 13.2 Å². The molecule has 11 nitrogen and oxygen atoms in total. The van der Waals surface area contributed by atoms with Gasteiger partial charge < -0.3 is 23.7 Å². The summed E-state index contributed by atoms with van der Waals surface area (Å²) in [6, 6.07) is 10.7. The molecule has 0 radical (unpaired) electrons. The van der Waals surface area contributed by atoms with Gasteiger partial charge in [0.2, 0.25) is 0 Å². The van der Waals surface area contributed by atoms with Crippen molar-refractivity contribution in [3.8, 4) is 5.75 Å². The maximum Gasteiger partial charge on any atom is 0.422 e. The quantitative estimate of drug-likeness (QED) is 0.304. The number of benzene rings is 2. The fraction of sp³-hybridized carbons (Fsp3) is 0.467. The second kappa shape index (κ2) is 11.8. The molecule has 1 saturated heterocycles. The number of esters is 1. The zero-order valence-corrected chi connectivity index (χ0v) is 25.1. The first-order chi connectivity index (χ1) is 20.3. The normalized spacial score (nSPS) is 20.0. The molecular formula is C30H35FN2O9S. The molecule has 3 aliphatic rings. The van der Waals surface area contributed by atoms with E-state index in [1.54, 1.807) is 55.8 Å². The highest BCUT2D eigenvalue weighted by Gasteiger charge is 2.59. The first kappa shape index (κ1) is 30.8. The van der Waals surface area contributed by atoms with Crippen LogP contribution in [0.5, 0.6) is 5.75 Å². The van der Waals surface area contributed by atoms with Crippen molar-refractivity contribution in [2.45, 2.75) is 63.4 Å². The van der Waals surface area contributed by atoms with Crippen molar-refractivity contribution >= 4 is 28.0 Å². The molecule has 1 spiro atoms. The third-order valence-electron chi connectivity index (χ3n) is 7.44. The molecule has 13 heteroatoms. The van der Waals surface area contributed by atoms with Crippen LogP contribution in [0.4, 0.5) is 14.9 Å². The number of nitrogens with one attached hydrogen (secondary N) is 1. The van der Waals surface area contributed by atoms with E-state index in [0.29, 0.717) is 35.9 Å². The summed E-state index contributed by atoms with van der Waals surface area (Å²) >= 11 is 0. The van der Waals surface area contributed by atoms with Crippen LogP contribution in [-0.4, -0.2) is 58.2 Å². The van der Waals surface area contributed by atoms with Gasteiger partial charge >= 0.3 is 22.3 Å². The topological polar surface area (TPSA) is 130 Å². The Morgan fingerprint density at radius 3 is 2.56 bits per heavy atom. The van der Waals surface area contributed by atoms with E-state index >= 15 is 4.39 Å². The number of halogens is 1. The van der Waals surface area contributed by atoms with E-state index in [2.05, 4.69) is 6.58 Å². The average Bonchev–Trinajstić information content (AvgIpc) is 3.65. The number of fused-ring (bicyclic) bond motifs is 6. The second-order valence-corrected chi connectivity index (χ2v) is 13.2. The molecule has 2 fully saturated rings. The van der Waals surface area contributed by atoms with Gasteiger partial charge in [-0.3, -0.25) is 4.79 Å². The van der Waals surface area contributed by atoms with Gasteiger partial charge in [0, 0.05) is 17.9 Å². The van der Waals surface area contributed by atoms with Crippen molar-refractivity contribution in [1.29, 1.82) is 0 Å². The Morgan fingerprint density at radius 2 is 1.91 bits per heavy atom. The first-order valence-electron chi connectivity index (χ1n) is 13.9. The van der Waals surface area contributed by atoms with E-state index in [0.717, 1.165) is 5.56 Å². The van der Waals surface area contributed by atoms with Crippen LogP contribution in [0.25, 0.3) is 0 Å². The van der Waals surface area contributed by atoms with E-state index in [1.165, 1.54) is 6.08 Å². The monoisotopic (exact) mass is 618 g/mol. The van der Waals surface area contributed by atoms with Gasteiger partial charge in [-0.25, -0.2) is 18.2 Å². The second-order valence-electron chi connectivity index (χ2n) is 11.6. The van der Waals surface area contributed by atoms with Gasteiger partial charge in [-0.2, -0.15) is 8.42 Å². The molecule has 2 atom stereocenters.